The first-order chi connectivity index (χ1) is 15.7. The maximum Gasteiger partial charge on any atom is 2.00 e. The fourth-order valence-corrected chi connectivity index (χ4v) is 5.27. The molecule has 0 saturated carbocycles. The minimum atomic E-state index is -0.0810. The summed E-state index contributed by atoms with van der Waals surface area (Å²) in [5.41, 5.74) is 2.98. The Hall–Kier alpha value is -1.46. The summed E-state index contributed by atoms with van der Waals surface area (Å²) in [5.74, 6) is -0.0810. The topological polar surface area (TPSA) is 55.8 Å². The summed E-state index contributed by atoms with van der Waals surface area (Å²) in [6.07, 6.45) is 0.927. The first-order valence-electron chi connectivity index (χ1n) is 11.2. The molecule has 1 aliphatic rings. The summed E-state index contributed by atoms with van der Waals surface area (Å²) in [6, 6.07) is 23.0. The van der Waals surface area contributed by atoms with Crippen LogP contribution in [0.15, 0.2) is 60.7 Å². The van der Waals surface area contributed by atoms with E-state index in [4.69, 9.17) is 0 Å². The Labute approximate surface area is 231 Å². The molecule has 2 N–H and O–H groups in total. The minimum absolute atomic E-state index is 0. The van der Waals surface area contributed by atoms with Crippen molar-refractivity contribution in [1.82, 2.24) is 9.80 Å². The minimum Gasteiger partial charge on any atom is -0.395 e. The van der Waals surface area contributed by atoms with E-state index in [1.165, 1.54) is 10.4 Å². The van der Waals surface area contributed by atoms with E-state index in [1.54, 1.807) is 11.3 Å². The second-order valence-electron chi connectivity index (χ2n) is 8.01. The Morgan fingerprint density at radius 1 is 1.15 bits per heavy atom. The summed E-state index contributed by atoms with van der Waals surface area (Å²) in [4.78, 5) is 19.0. The molecule has 2 heterocycles. The van der Waals surface area contributed by atoms with Gasteiger partial charge in [-0.15, -0.1) is 16.9 Å². The molecule has 3 aromatic rings. The van der Waals surface area contributed by atoms with E-state index < -0.39 is 0 Å². The largest absolute Gasteiger partial charge is 2.00 e. The van der Waals surface area contributed by atoms with Gasteiger partial charge in [-0.2, -0.15) is 30.3 Å². The Morgan fingerprint density at radius 2 is 1.88 bits per heavy atom. The normalized spacial score (nSPS) is 15.1. The molecule has 1 unspecified atom stereocenters. The Kier molecular flexibility index (Phi) is 12.0. The number of carbonyl (C=O) groups excluding carboxylic acids is 1. The van der Waals surface area contributed by atoms with Crippen molar-refractivity contribution in [1.29, 1.82) is 0 Å². The summed E-state index contributed by atoms with van der Waals surface area (Å²) in [7, 11) is 0. The van der Waals surface area contributed by atoms with Crippen LogP contribution in [-0.4, -0.2) is 60.1 Å². The summed E-state index contributed by atoms with van der Waals surface area (Å²) in [6.45, 7) is 6.71. The van der Waals surface area contributed by atoms with Gasteiger partial charge in [-0.1, -0.05) is 25.1 Å². The van der Waals surface area contributed by atoms with E-state index in [0.717, 1.165) is 43.2 Å². The second kappa shape index (κ2) is 14.2. The van der Waals surface area contributed by atoms with Crippen molar-refractivity contribution in [2.75, 3.05) is 44.6 Å². The van der Waals surface area contributed by atoms with Gasteiger partial charge in [-0.3, -0.25) is 9.69 Å². The number of piperazine rings is 1. The Morgan fingerprint density at radius 3 is 2.50 bits per heavy atom. The molecule has 0 radical (unpaired) electrons. The van der Waals surface area contributed by atoms with Crippen LogP contribution in [0.25, 0.3) is 0 Å². The molecule has 2 aromatic carbocycles. The van der Waals surface area contributed by atoms with Gasteiger partial charge >= 0.3 is 31.1 Å². The number of aryl methyl sites for hydroxylation is 1. The number of amides is 1. The number of carbonyl (C=O) groups is 1. The zero-order chi connectivity index (χ0) is 22.3. The third-order valence-corrected chi connectivity index (χ3v) is 7.16. The zero-order valence-electron chi connectivity index (χ0n) is 20.0. The molecule has 1 fully saturated rings. The molecule has 0 bridgehead atoms. The molecule has 4 rings (SSSR count). The van der Waals surface area contributed by atoms with Crippen molar-refractivity contribution in [2.45, 2.75) is 19.4 Å². The first-order valence-corrected chi connectivity index (χ1v) is 12.0. The summed E-state index contributed by atoms with van der Waals surface area (Å²) >= 11 is 1.67. The number of β-amino-alcohol motifs (C(OH)–C–C–N with tert-alkyl or cyclic N) is 1. The van der Waals surface area contributed by atoms with Crippen molar-refractivity contribution in [2.24, 2.45) is 0 Å². The Bertz CT molecular complexity index is 1010. The van der Waals surface area contributed by atoms with Gasteiger partial charge in [0.2, 0.25) is 0 Å². The van der Waals surface area contributed by atoms with E-state index >= 15 is 0 Å². The molecular weight excluding hydrogens is 668 g/mol. The van der Waals surface area contributed by atoms with Crippen LogP contribution in [0, 0.1) is 44.6 Å². The third kappa shape index (κ3) is 7.04. The number of benzene rings is 2. The van der Waals surface area contributed by atoms with Crippen molar-refractivity contribution < 1.29 is 41.0 Å². The van der Waals surface area contributed by atoms with Crippen LogP contribution in [0.4, 0.5) is 5.00 Å². The third-order valence-electron chi connectivity index (χ3n) is 5.95. The van der Waals surface area contributed by atoms with E-state index in [9.17, 15) is 9.90 Å². The van der Waals surface area contributed by atoms with Crippen molar-refractivity contribution in [3.8, 4) is 0 Å². The molecule has 0 spiro atoms. The maximum absolute atomic E-state index is 13.0. The van der Waals surface area contributed by atoms with Crippen LogP contribution in [0.1, 0.15) is 39.3 Å². The van der Waals surface area contributed by atoms with Crippen molar-refractivity contribution in [3.05, 3.63) is 95.7 Å². The van der Waals surface area contributed by atoms with Gasteiger partial charge in [0.05, 0.1) is 11.6 Å². The molecule has 1 aromatic heterocycles. The fourth-order valence-electron chi connectivity index (χ4n) is 4.25. The molecule has 5 nitrogen and oxygen atoms in total. The predicted molar refractivity (Wildman–Crippen MR) is 137 cm³/mol. The second-order valence-corrected chi connectivity index (χ2v) is 9.15. The number of hydrogen-bond acceptors (Lipinski definition) is 5. The molecule has 0 aliphatic carbocycles. The number of rotatable bonds is 8. The predicted octanol–water partition coefficient (Wildman–Crippen LogP) is 4.51. The van der Waals surface area contributed by atoms with Crippen LogP contribution in [0.3, 0.4) is 0 Å². The quantitative estimate of drug-likeness (QED) is 0.340. The van der Waals surface area contributed by atoms with Crippen LogP contribution >= 0.6 is 11.3 Å². The smallest absolute Gasteiger partial charge is 0.395 e. The molecule has 34 heavy (non-hydrogen) atoms. The van der Waals surface area contributed by atoms with Crippen molar-refractivity contribution in [3.63, 3.8) is 0 Å². The van der Waals surface area contributed by atoms with Crippen LogP contribution in [0.5, 0.6) is 0 Å². The number of nitrogens with one attached hydrogen (secondary N) is 1. The average molecular weight is 702 g/mol. The van der Waals surface area contributed by atoms with Crippen molar-refractivity contribution >= 4 is 22.2 Å². The van der Waals surface area contributed by atoms with E-state index in [0.29, 0.717) is 12.1 Å². The van der Waals surface area contributed by atoms with Gasteiger partial charge in [-0.05, 0) is 30.2 Å². The molecule has 1 amide bonds. The number of thiophene rings is 1. The number of hydrogen-bond donors (Lipinski definition) is 2. The number of anilines is 1. The van der Waals surface area contributed by atoms with Gasteiger partial charge in [0.25, 0.3) is 5.91 Å². The summed E-state index contributed by atoms with van der Waals surface area (Å²) < 4.78 is 0. The maximum atomic E-state index is 13.0. The van der Waals surface area contributed by atoms with E-state index in [2.05, 4.69) is 46.3 Å². The standard InChI is InChI=1S/C26H30N3O2S.CH3.U/c1-2-22-19-23(26(32-22)27-25(31)21-11-7-4-8-12-21)24(20-9-5-3-6-10-20)29-15-13-28(14-16-29)17-18-30;;/h3-5,7-12,19,24,30H,2,13-18H2,1H3,(H,27,31);1H3;/q2*-1;+2. The monoisotopic (exact) mass is 701 g/mol. The number of nitrogens with zero attached hydrogens (tertiary/aromatic N) is 2. The van der Waals surface area contributed by atoms with Crippen LogP contribution < -0.4 is 5.32 Å². The zero-order valence-corrected chi connectivity index (χ0v) is 24.9. The molecule has 178 valence electrons. The Balaban J connectivity index is 0.00000204. The number of aliphatic hydroxyl groups excluding tert-OH is 1. The molecule has 1 saturated heterocycles. The summed E-state index contributed by atoms with van der Waals surface area (Å²) in [5, 5.41) is 13.4. The first kappa shape index (κ1) is 28.8. The number of aliphatic hydroxyl groups is 1. The fraction of sp³-hybridized carbons (Fsp3) is 0.333. The molecule has 1 aliphatic heterocycles. The molecular formula is C27H33N3O2SU. The molecule has 7 heteroatoms. The van der Waals surface area contributed by atoms with Gasteiger partial charge in [0, 0.05) is 49.2 Å². The van der Waals surface area contributed by atoms with E-state index in [-0.39, 0.29) is 57.1 Å². The van der Waals surface area contributed by atoms with Gasteiger partial charge < -0.3 is 22.7 Å². The van der Waals surface area contributed by atoms with Gasteiger partial charge in [0.1, 0.15) is 0 Å². The molecule has 1 atom stereocenters. The van der Waals surface area contributed by atoms with Crippen LogP contribution in [0.2, 0.25) is 0 Å². The van der Waals surface area contributed by atoms with E-state index in [1.807, 2.05) is 42.5 Å². The van der Waals surface area contributed by atoms with Gasteiger partial charge in [-0.25, -0.2) is 0 Å². The van der Waals surface area contributed by atoms with Crippen LogP contribution in [-0.2, 0) is 6.42 Å². The SMILES string of the molecule is CCc1cc(C(c2c[c-]ccc2)N2CCN(CCO)CC2)c(NC(=O)c2ccccc2)s1.[CH3-].[U+2]. The van der Waals surface area contributed by atoms with Gasteiger partial charge in [0.15, 0.2) is 0 Å². The average Bonchev–Trinajstić information content (AvgIpc) is 3.24.